The zero-order valence-corrected chi connectivity index (χ0v) is 15.3. The summed E-state index contributed by atoms with van der Waals surface area (Å²) in [5.74, 6) is 0. The van der Waals surface area contributed by atoms with Gasteiger partial charge in [-0.05, 0) is 26.8 Å². The van der Waals surface area contributed by atoms with Crippen LogP contribution in [-0.4, -0.2) is 61.6 Å². The lowest BCUT2D eigenvalue weighted by Gasteiger charge is -2.51. The average Bonchev–Trinajstić information content (AvgIpc) is 2.97. The van der Waals surface area contributed by atoms with E-state index < -0.39 is 11.2 Å². The summed E-state index contributed by atoms with van der Waals surface area (Å²) in [7, 11) is 0. The zero-order valence-electron chi connectivity index (χ0n) is 15.3. The molecule has 0 saturated carbocycles. The van der Waals surface area contributed by atoms with Crippen molar-refractivity contribution in [3.63, 3.8) is 0 Å². The van der Waals surface area contributed by atoms with E-state index in [2.05, 4.69) is 10.1 Å². The third kappa shape index (κ3) is 2.93. The van der Waals surface area contributed by atoms with Crippen LogP contribution in [0.2, 0.25) is 0 Å². The summed E-state index contributed by atoms with van der Waals surface area (Å²) in [6.07, 6.45) is 5.53. The van der Waals surface area contributed by atoms with Crippen molar-refractivity contribution in [2.75, 3.05) is 13.2 Å². The number of fused-ring (bicyclic) bond motifs is 3. The molecule has 0 radical (unpaired) electrons. The largest absolute Gasteiger partial charge is 0.444 e. The summed E-state index contributed by atoms with van der Waals surface area (Å²) in [6.45, 7) is 6.31. The first-order chi connectivity index (χ1) is 12.3. The highest BCUT2D eigenvalue weighted by Crippen LogP contribution is 2.42. The predicted octanol–water partition coefficient (Wildman–Crippen LogP) is 1.72. The van der Waals surface area contributed by atoms with E-state index >= 15 is 0 Å². The normalized spacial score (nSPS) is 29.0. The van der Waals surface area contributed by atoms with E-state index in [1.54, 1.807) is 34.1 Å². The van der Waals surface area contributed by atoms with Gasteiger partial charge in [-0.3, -0.25) is 4.90 Å². The Kier molecular flexibility index (Phi) is 3.92. The molecule has 0 spiro atoms. The molecule has 2 aliphatic rings. The Balaban J connectivity index is 1.64. The second-order valence-corrected chi connectivity index (χ2v) is 8.12. The Bertz CT molecular complexity index is 814. The van der Waals surface area contributed by atoms with Gasteiger partial charge in [0.25, 0.3) is 0 Å². The van der Waals surface area contributed by atoms with Crippen molar-refractivity contribution >= 4 is 11.7 Å². The molecule has 2 atom stereocenters. The second-order valence-electron chi connectivity index (χ2n) is 8.12. The van der Waals surface area contributed by atoms with Gasteiger partial charge in [0.2, 0.25) is 0 Å². The summed E-state index contributed by atoms with van der Waals surface area (Å²) in [4.78, 5) is 18.8. The van der Waals surface area contributed by atoms with E-state index in [1.807, 2.05) is 20.8 Å². The Labute approximate surface area is 151 Å². The first-order valence-electron chi connectivity index (χ1n) is 8.87. The number of aromatic nitrogens is 3. The minimum absolute atomic E-state index is 0.249. The molecule has 4 heterocycles. The SMILES string of the molecule is CC(C)(C)OC(=O)N1C2COCC1CC(O)(c1cnn3cccnc13)C2. The molecule has 2 saturated heterocycles. The number of piperidine rings is 1. The van der Waals surface area contributed by atoms with Crippen LogP contribution in [0.5, 0.6) is 0 Å². The molecule has 2 fully saturated rings. The number of amides is 1. The molecule has 2 bridgehead atoms. The topological polar surface area (TPSA) is 89.2 Å². The Morgan fingerprint density at radius 2 is 2.04 bits per heavy atom. The van der Waals surface area contributed by atoms with Crippen LogP contribution >= 0.6 is 0 Å². The van der Waals surface area contributed by atoms with Crippen molar-refractivity contribution in [2.24, 2.45) is 0 Å². The number of carbonyl (C=O) groups is 1. The van der Waals surface area contributed by atoms with E-state index in [-0.39, 0.29) is 18.2 Å². The van der Waals surface area contributed by atoms with Gasteiger partial charge in [-0.15, -0.1) is 0 Å². The van der Waals surface area contributed by atoms with Gasteiger partial charge in [0.1, 0.15) is 5.60 Å². The van der Waals surface area contributed by atoms with Gasteiger partial charge in [-0.25, -0.2) is 14.3 Å². The van der Waals surface area contributed by atoms with Crippen LogP contribution in [0.25, 0.3) is 5.65 Å². The highest BCUT2D eigenvalue weighted by Gasteiger charge is 2.50. The molecule has 1 amide bonds. The Morgan fingerprint density at radius 1 is 1.35 bits per heavy atom. The Hall–Kier alpha value is -2.19. The maximum Gasteiger partial charge on any atom is 0.410 e. The molecule has 4 rings (SSSR count). The van der Waals surface area contributed by atoms with E-state index in [4.69, 9.17) is 9.47 Å². The van der Waals surface area contributed by atoms with Crippen LogP contribution in [0.4, 0.5) is 4.79 Å². The van der Waals surface area contributed by atoms with E-state index in [9.17, 15) is 9.90 Å². The van der Waals surface area contributed by atoms with Gasteiger partial charge in [0.05, 0.1) is 37.1 Å². The van der Waals surface area contributed by atoms with Crippen molar-refractivity contribution < 1.29 is 19.4 Å². The summed E-state index contributed by atoms with van der Waals surface area (Å²) in [6, 6.07) is 1.30. The van der Waals surface area contributed by atoms with Crippen molar-refractivity contribution in [3.8, 4) is 0 Å². The number of rotatable bonds is 1. The van der Waals surface area contributed by atoms with Crippen LogP contribution in [0.15, 0.2) is 24.7 Å². The van der Waals surface area contributed by atoms with Crippen molar-refractivity contribution in [3.05, 3.63) is 30.2 Å². The summed E-state index contributed by atoms with van der Waals surface area (Å²) in [5, 5.41) is 15.7. The third-order valence-corrected chi connectivity index (χ3v) is 4.94. The average molecular weight is 360 g/mol. The standard InChI is InChI=1S/C18H24N4O4/c1-17(2,3)26-16(23)22-12-7-18(24,8-13(22)11-25-10-12)14-9-20-21-6-4-5-19-15(14)21/h4-6,9,12-13,24H,7-8,10-11H2,1-3H3. The minimum atomic E-state index is -1.10. The quantitative estimate of drug-likeness (QED) is 0.833. The number of hydrogen-bond acceptors (Lipinski definition) is 6. The zero-order chi connectivity index (χ0) is 18.5. The van der Waals surface area contributed by atoms with E-state index in [1.165, 1.54) is 0 Å². The van der Waals surface area contributed by atoms with Crippen LogP contribution in [0.1, 0.15) is 39.2 Å². The molecular formula is C18H24N4O4. The highest BCUT2D eigenvalue weighted by atomic mass is 16.6. The second kappa shape index (κ2) is 5.92. The smallest absolute Gasteiger partial charge is 0.410 e. The molecule has 140 valence electrons. The lowest BCUT2D eigenvalue weighted by molar-refractivity contribution is -0.140. The number of aliphatic hydroxyl groups is 1. The fourth-order valence-electron chi connectivity index (χ4n) is 3.96. The lowest BCUT2D eigenvalue weighted by Crippen LogP contribution is -2.63. The monoisotopic (exact) mass is 360 g/mol. The molecule has 2 aromatic rings. The molecular weight excluding hydrogens is 336 g/mol. The maximum atomic E-state index is 12.7. The van der Waals surface area contributed by atoms with Gasteiger partial charge in [0, 0.05) is 30.8 Å². The van der Waals surface area contributed by atoms with Gasteiger partial charge >= 0.3 is 6.09 Å². The maximum absolute atomic E-state index is 12.7. The molecule has 2 unspecified atom stereocenters. The molecule has 8 nitrogen and oxygen atoms in total. The van der Waals surface area contributed by atoms with Crippen LogP contribution in [-0.2, 0) is 15.1 Å². The number of carbonyl (C=O) groups excluding carboxylic acids is 1. The van der Waals surface area contributed by atoms with Crippen molar-refractivity contribution in [1.82, 2.24) is 19.5 Å². The number of nitrogens with zero attached hydrogens (tertiary/aromatic N) is 4. The first-order valence-corrected chi connectivity index (χ1v) is 8.87. The molecule has 2 aromatic heterocycles. The van der Waals surface area contributed by atoms with E-state index in [0.717, 1.165) is 0 Å². The number of morpholine rings is 1. The van der Waals surface area contributed by atoms with Crippen molar-refractivity contribution in [1.29, 1.82) is 0 Å². The molecule has 2 aliphatic heterocycles. The highest BCUT2D eigenvalue weighted by molar-refractivity contribution is 5.69. The van der Waals surface area contributed by atoms with Gasteiger partial charge in [0.15, 0.2) is 5.65 Å². The van der Waals surface area contributed by atoms with E-state index in [0.29, 0.717) is 37.3 Å². The van der Waals surface area contributed by atoms with Crippen molar-refractivity contribution in [2.45, 2.75) is 56.9 Å². The predicted molar refractivity (Wildman–Crippen MR) is 92.6 cm³/mol. The van der Waals surface area contributed by atoms with Crippen LogP contribution in [0.3, 0.4) is 0 Å². The fourth-order valence-corrected chi connectivity index (χ4v) is 3.96. The molecule has 0 aliphatic carbocycles. The van der Waals surface area contributed by atoms with Gasteiger partial charge in [-0.2, -0.15) is 5.10 Å². The van der Waals surface area contributed by atoms with Crippen LogP contribution in [0, 0.1) is 0 Å². The first kappa shape index (κ1) is 17.2. The minimum Gasteiger partial charge on any atom is -0.444 e. The molecule has 8 heteroatoms. The lowest BCUT2D eigenvalue weighted by atomic mass is 9.78. The summed E-state index contributed by atoms with van der Waals surface area (Å²) >= 11 is 0. The molecule has 1 N–H and O–H groups in total. The fraction of sp³-hybridized carbons (Fsp3) is 0.611. The summed E-state index contributed by atoms with van der Waals surface area (Å²) in [5.41, 5.74) is -0.335. The number of hydrogen-bond donors (Lipinski definition) is 1. The van der Waals surface area contributed by atoms with Gasteiger partial charge in [-0.1, -0.05) is 0 Å². The molecule has 26 heavy (non-hydrogen) atoms. The summed E-state index contributed by atoms with van der Waals surface area (Å²) < 4.78 is 12.9. The Morgan fingerprint density at radius 3 is 2.69 bits per heavy atom. The third-order valence-electron chi connectivity index (χ3n) is 4.94. The van der Waals surface area contributed by atoms with Crippen LogP contribution < -0.4 is 0 Å². The molecule has 0 aromatic carbocycles. The number of ether oxygens (including phenoxy) is 2. The van der Waals surface area contributed by atoms with Gasteiger partial charge < -0.3 is 14.6 Å².